The first kappa shape index (κ1) is 12.2. The largest absolute Gasteiger partial charge is 0.374 e. The van der Waals surface area contributed by atoms with E-state index in [9.17, 15) is 0 Å². The van der Waals surface area contributed by atoms with E-state index in [1.165, 1.54) is 12.8 Å². The van der Waals surface area contributed by atoms with Crippen LogP contribution in [0.4, 0.5) is 0 Å². The van der Waals surface area contributed by atoms with Gasteiger partial charge in [-0.15, -0.1) is 0 Å². The van der Waals surface area contributed by atoms with E-state index in [-0.39, 0.29) is 0 Å². The van der Waals surface area contributed by atoms with Crippen molar-refractivity contribution in [3.05, 3.63) is 0 Å². The molecule has 0 aromatic carbocycles. The second-order valence-corrected chi connectivity index (χ2v) is 5.58. The summed E-state index contributed by atoms with van der Waals surface area (Å²) in [7, 11) is 2.10. The minimum Gasteiger partial charge on any atom is -0.374 e. The average molecular weight is 252 g/mol. The predicted octanol–water partition coefficient (Wildman–Crippen LogP) is 0.131. The Kier molecular flexibility index (Phi) is 3.70. The first-order valence-electron chi connectivity index (χ1n) is 7.18. The van der Waals surface area contributed by atoms with Gasteiger partial charge in [-0.25, -0.2) is 0 Å². The SMILES string of the molecule is CN1CCCN=C1NCC1CN(C2CC2)CCO1. The minimum atomic E-state index is 0.317. The van der Waals surface area contributed by atoms with E-state index in [1.54, 1.807) is 0 Å². The van der Waals surface area contributed by atoms with E-state index in [2.05, 4.69) is 27.2 Å². The van der Waals surface area contributed by atoms with E-state index < -0.39 is 0 Å². The molecule has 5 heteroatoms. The average Bonchev–Trinajstić information content (AvgIpc) is 3.23. The van der Waals surface area contributed by atoms with Crippen molar-refractivity contribution in [3.8, 4) is 0 Å². The van der Waals surface area contributed by atoms with E-state index in [1.807, 2.05) is 0 Å². The van der Waals surface area contributed by atoms with Crippen LogP contribution in [0, 0.1) is 0 Å². The Hall–Kier alpha value is -0.810. The van der Waals surface area contributed by atoms with Gasteiger partial charge in [-0.05, 0) is 19.3 Å². The molecule has 1 unspecified atom stereocenters. The Labute approximate surface area is 109 Å². The van der Waals surface area contributed by atoms with Crippen LogP contribution in [0.3, 0.4) is 0 Å². The monoisotopic (exact) mass is 252 g/mol. The fourth-order valence-corrected chi connectivity index (χ4v) is 2.75. The molecule has 102 valence electrons. The Morgan fingerprint density at radius 1 is 1.39 bits per heavy atom. The topological polar surface area (TPSA) is 40.1 Å². The van der Waals surface area contributed by atoms with Crippen molar-refractivity contribution in [1.82, 2.24) is 15.1 Å². The number of nitrogens with one attached hydrogen (secondary N) is 1. The van der Waals surface area contributed by atoms with Crippen LogP contribution in [0.25, 0.3) is 0 Å². The summed E-state index contributed by atoms with van der Waals surface area (Å²) >= 11 is 0. The van der Waals surface area contributed by atoms with Crippen LogP contribution in [-0.4, -0.2) is 74.3 Å². The molecule has 1 atom stereocenters. The summed E-state index contributed by atoms with van der Waals surface area (Å²) in [6, 6.07) is 0.853. The van der Waals surface area contributed by atoms with Gasteiger partial charge in [0.25, 0.3) is 0 Å². The molecule has 2 aliphatic heterocycles. The summed E-state index contributed by atoms with van der Waals surface area (Å²) in [6.45, 7) is 6.01. The van der Waals surface area contributed by atoms with Crippen LogP contribution in [0.2, 0.25) is 0 Å². The molecule has 0 bridgehead atoms. The van der Waals surface area contributed by atoms with Gasteiger partial charge in [0.1, 0.15) is 0 Å². The van der Waals surface area contributed by atoms with E-state index in [4.69, 9.17) is 4.74 Å². The van der Waals surface area contributed by atoms with Crippen LogP contribution >= 0.6 is 0 Å². The van der Waals surface area contributed by atoms with Crippen LogP contribution < -0.4 is 5.32 Å². The van der Waals surface area contributed by atoms with Crippen molar-refractivity contribution in [3.63, 3.8) is 0 Å². The molecule has 2 fully saturated rings. The van der Waals surface area contributed by atoms with Gasteiger partial charge < -0.3 is 15.0 Å². The van der Waals surface area contributed by atoms with Crippen molar-refractivity contribution >= 4 is 5.96 Å². The lowest BCUT2D eigenvalue weighted by molar-refractivity contribution is -0.0284. The predicted molar refractivity (Wildman–Crippen MR) is 71.9 cm³/mol. The summed E-state index contributed by atoms with van der Waals surface area (Å²) in [5.74, 6) is 1.04. The molecule has 0 aromatic rings. The molecular formula is C13H24N4O. The van der Waals surface area contributed by atoms with Crippen LogP contribution in [0.15, 0.2) is 4.99 Å². The number of hydrogen-bond acceptors (Lipinski definition) is 5. The molecule has 1 saturated heterocycles. The van der Waals surface area contributed by atoms with Crippen molar-refractivity contribution in [2.75, 3.05) is 46.4 Å². The highest BCUT2D eigenvalue weighted by molar-refractivity contribution is 5.80. The number of nitrogens with zero attached hydrogens (tertiary/aromatic N) is 3. The Morgan fingerprint density at radius 3 is 3.06 bits per heavy atom. The Balaban J connectivity index is 1.45. The second-order valence-electron chi connectivity index (χ2n) is 5.58. The first-order chi connectivity index (χ1) is 8.83. The van der Waals surface area contributed by atoms with Gasteiger partial charge in [0.15, 0.2) is 5.96 Å². The molecule has 0 amide bonds. The maximum Gasteiger partial charge on any atom is 0.193 e. The van der Waals surface area contributed by atoms with Crippen LogP contribution in [0.1, 0.15) is 19.3 Å². The highest BCUT2D eigenvalue weighted by Crippen LogP contribution is 2.28. The molecule has 18 heavy (non-hydrogen) atoms. The molecular weight excluding hydrogens is 228 g/mol. The molecule has 0 radical (unpaired) electrons. The van der Waals surface area contributed by atoms with Gasteiger partial charge in [0, 0.05) is 45.8 Å². The number of ether oxygens (including phenoxy) is 1. The van der Waals surface area contributed by atoms with Crippen molar-refractivity contribution in [2.45, 2.75) is 31.4 Å². The number of aliphatic imine (C=N–C) groups is 1. The molecule has 1 aliphatic carbocycles. The lowest BCUT2D eigenvalue weighted by atomic mass is 10.2. The third-order valence-electron chi connectivity index (χ3n) is 4.00. The maximum absolute atomic E-state index is 5.83. The van der Waals surface area contributed by atoms with Gasteiger partial charge in [-0.3, -0.25) is 9.89 Å². The number of morpholine rings is 1. The summed E-state index contributed by atoms with van der Waals surface area (Å²) in [5.41, 5.74) is 0. The lowest BCUT2D eigenvalue weighted by Crippen LogP contribution is -2.51. The molecule has 1 saturated carbocycles. The summed E-state index contributed by atoms with van der Waals surface area (Å²) < 4.78 is 5.83. The molecule has 5 nitrogen and oxygen atoms in total. The smallest absolute Gasteiger partial charge is 0.193 e. The number of rotatable bonds is 3. The summed E-state index contributed by atoms with van der Waals surface area (Å²) in [6.07, 6.45) is 4.25. The van der Waals surface area contributed by atoms with Crippen molar-refractivity contribution in [1.29, 1.82) is 0 Å². The maximum atomic E-state index is 5.83. The summed E-state index contributed by atoms with van der Waals surface area (Å²) in [4.78, 5) is 9.31. The van der Waals surface area contributed by atoms with Gasteiger partial charge in [-0.2, -0.15) is 0 Å². The molecule has 1 N–H and O–H groups in total. The molecule has 0 spiro atoms. The zero-order valence-corrected chi connectivity index (χ0v) is 11.3. The molecule has 0 aromatic heterocycles. The Morgan fingerprint density at radius 2 is 2.28 bits per heavy atom. The highest BCUT2D eigenvalue weighted by Gasteiger charge is 2.32. The van der Waals surface area contributed by atoms with E-state index in [0.29, 0.717) is 6.10 Å². The highest BCUT2D eigenvalue weighted by atomic mass is 16.5. The standard InChI is InChI=1S/C13H24N4O/c1-16-6-2-5-14-13(16)15-9-12-10-17(7-8-18-12)11-3-4-11/h11-12H,2-10H2,1H3,(H,14,15). The lowest BCUT2D eigenvalue weighted by Gasteiger charge is -2.34. The zero-order chi connectivity index (χ0) is 12.4. The Bertz CT molecular complexity index is 316. The molecule has 2 heterocycles. The van der Waals surface area contributed by atoms with Gasteiger partial charge in [0.05, 0.1) is 12.7 Å². The normalized spacial score (nSPS) is 30.2. The minimum absolute atomic E-state index is 0.317. The summed E-state index contributed by atoms with van der Waals surface area (Å²) in [5, 5.41) is 3.45. The van der Waals surface area contributed by atoms with Gasteiger partial charge >= 0.3 is 0 Å². The van der Waals surface area contributed by atoms with E-state index >= 15 is 0 Å². The van der Waals surface area contributed by atoms with Crippen LogP contribution in [-0.2, 0) is 4.74 Å². The number of hydrogen-bond donors (Lipinski definition) is 1. The third kappa shape index (κ3) is 2.95. The van der Waals surface area contributed by atoms with Crippen LogP contribution in [0.5, 0.6) is 0 Å². The first-order valence-corrected chi connectivity index (χ1v) is 7.18. The third-order valence-corrected chi connectivity index (χ3v) is 4.00. The van der Waals surface area contributed by atoms with Crippen molar-refractivity contribution in [2.24, 2.45) is 4.99 Å². The number of guanidine groups is 1. The fraction of sp³-hybridized carbons (Fsp3) is 0.923. The quantitative estimate of drug-likeness (QED) is 0.775. The van der Waals surface area contributed by atoms with Gasteiger partial charge in [0.2, 0.25) is 0 Å². The fourth-order valence-electron chi connectivity index (χ4n) is 2.75. The zero-order valence-electron chi connectivity index (χ0n) is 11.3. The van der Waals surface area contributed by atoms with Gasteiger partial charge in [-0.1, -0.05) is 0 Å². The van der Waals surface area contributed by atoms with E-state index in [0.717, 1.165) is 57.8 Å². The molecule has 3 rings (SSSR count). The van der Waals surface area contributed by atoms with Crippen molar-refractivity contribution < 1.29 is 4.74 Å². The second kappa shape index (κ2) is 5.45. The molecule has 3 aliphatic rings.